The van der Waals surface area contributed by atoms with Gasteiger partial charge in [-0.3, -0.25) is 9.59 Å². The standard InChI is InChI=1S/C22H21FN4O4S/c1-13(2)27-22(29)17-8-7-15(12-18(17)32(27,30)31)21(28)25-19(20-24-9-10-26(20)3)14-5-4-6-16(23)11-14/h4-13,19H,1-3H3,(H,25,28). The molecule has 1 aliphatic heterocycles. The molecule has 1 aromatic heterocycles. The van der Waals surface area contributed by atoms with Crippen LogP contribution in [-0.4, -0.2) is 40.1 Å². The van der Waals surface area contributed by atoms with Gasteiger partial charge in [0, 0.05) is 31.0 Å². The summed E-state index contributed by atoms with van der Waals surface area (Å²) in [4.78, 5) is 29.7. The van der Waals surface area contributed by atoms with Crippen LogP contribution in [0.4, 0.5) is 4.39 Å². The molecular weight excluding hydrogens is 435 g/mol. The number of sulfonamides is 1. The molecule has 1 atom stereocenters. The average molecular weight is 456 g/mol. The Labute approximate surface area is 184 Å². The van der Waals surface area contributed by atoms with E-state index in [2.05, 4.69) is 10.3 Å². The van der Waals surface area contributed by atoms with Crippen LogP contribution in [0.15, 0.2) is 59.8 Å². The molecule has 3 aromatic rings. The first-order valence-corrected chi connectivity index (χ1v) is 11.3. The van der Waals surface area contributed by atoms with E-state index in [-0.39, 0.29) is 16.0 Å². The average Bonchev–Trinajstić information content (AvgIpc) is 3.24. The molecule has 1 unspecified atom stereocenters. The number of hydrogen-bond donors (Lipinski definition) is 1. The number of carbonyl (C=O) groups excluding carboxylic acids is 2. The molecule has 1 N–H and O–H groups in total. The van der Waals surface area contributed by atoms with Crippen molar-refractivity contribution in [1.82, 2.24) is 19.2 Å². The first-order chi connectivity index (χ1) is 15.1. The minimum absolute atomic E-state index is 0.0287. The van der Waals surface area contributed by atoms with Crippen LogP contribution in [0.3, 0.4) is 0 Å². The van der Waals surface area contributed by atoms with Gasteiger partial charge in [0.25, 0.3) is 21.8 Å². The van der Waals surface area contributed by atoms with Crippen LogP contribution in [0.25, 0.3) is 0 Å². The van der Waals surface area contributed by atoms with Gasteiger partial charge in [-0.05, 0) is 49.7 Å². The molecule has 2 heterocycles. The Morgan fingerprint density at radius 3 is 2.53 bits per heavy atom. The zero-order chi connectivity index (χ0) is 23.2. The van der Waals surface area contributed by atoms with E-state index >= 15 is 0 Å². The van der Waals surface area contributed by atoms with E-state index in [4.69, 9.17) is 0 Å². The second kappa shape index (κ2) is 7.86. The lowest BCUT2D eigenvalue weighted by Crippen LogP contribution is -2.36. The first-order valence-electron chi connectivity index (χ1n) is 9.87. The van der Waals surface area contributed by atoms with Crippen LogP contribution in [0, 0.1) is 5.82 Å². The van der Waals surface area contributed by atoms with Crippen molar-refractivity contribution in [2.75, 3.05) is 0 Å². The summed E-state index contributed by atoms with van der Waals surface area (Å²) < 4.78 is 42.0. The van der Waals surface area contributed by atoms with Gasteiger partial charge in [-0.15, -0.1) is 0 Å². The Morgan fingerprint density at radius 1 is 1.16 bits per heavy atom. The molecule has 0 radical (unpaired) electrons. The minimum atomic E-state index is -4.05. The number of nitrogens with zero attached hydrogens (tertiary/aromatic N) is 3. The van der Waals surface area contributed by atoms with Gasteiger partial charge < -0.3 is 9.88 Å². The maximum Gasteiger partial charge on any atom is 0.269 e. The van der Waals surface area contributed by atoms with Crippen LogP contribution < -0.4 is 5.32 Å². The number of halogens is 1. The number of fused-ring (bicyclic) bond motifs is 1. The topological polar surface area (TPSA) is 101 Å². The van der Waals surface area contributed by atoms with Crippen molar-refractivity contribution in [3.05, 3.63) is 83.2 Å². The third-order valence-corrected chi connectivity index (χ3v) is 7.25. The van der Waals surface area contributed by atoms with Crippen molar-refractivity contribution >= 4 is 21.8 Å². The number of hydrogen-bond acceptors (Lipinski definition) is 5. The summed E-state index contributed by atoms with van der Waals surface area (Å²) in [6, 6.07) is 8.37. The summed E-state index contributed by atoms with van der Waals surface area (Å²) in [5.74, 6) is -1.20. The van der Waals surface area contributed by atoms with Gasteiger partial charge in [0.1, 0.15) is 22.6 Å². The van der Waals surface area contributed by atoms with Gasteiger partial charge in [-0.2, -0.15) is 0 Å². The van der Waals surface area contributed by atoms with E-state index in [0.717, 1.165) is 4.31 Å². The highest BCUT2D eigenvalue weighted by Crippen LogP contribution is 2.33. The van der Waals surface area contributed by atoms with Gasteiger partial charge >= 0.3 is 0 Å². The summed E-state index contributed by atoms with van der Waals surface area (Å²) in [5, 5.41) is 2.80. The molecule has 0 fully saturated rings. The molecule has 8 nitrogen and oxygen atoms in total. The fraction of sp³-hybridized carbons (Fsp3) is 0.227. The molecule has 0 spiro atoms. The highest BCUT2D eigenvalue weighted by atomic mass is 32.2. The Bertz CT molecular complexity index is 1330. The molecule has 0 aliphatic carbocycles. The van der Waals surface area contributed by atoms with E-state index in [1.165, 1.54) is 36.4 Å². The Kier molecular flexibility index (Phi) is 5.33. The lowest BCUT2D eigenvalue weighted by molar-refractivity contribution is 0.0845. The predicted octanol–water partition coefficient (Wildman–Crippen LogP) is 2.63. The number of carbonyl (C=O) groups is 2. The number of benzene rings is 2. The SMILES string of the molecule is CC(C)N1C(=O)c2ccc(C(=O)NC(c3cccc(F)c3)c3nccn3C)cc2S1(=O)=O. The van der Waals surface area contributed by atoms with Crippen molar-refractivity contribution in [3.63, 3.8) is 0 Å². The third kappa shape index (κ3) is 3.56. The monoisotopic (exact) mass is 456 g/mol. The zero-order valence-corrected chi connectivity index (χ0v) is 18.4. The van der Waals surface area contributed by atoms with Crippen LogP contribution in [-0.2, 0) is 17.1 Å². The molecule has 2 aromatic carbocycles. The minimum Gasteiger partial charge on any atom is -0.338 e. The molecule has 10 heteroatoms. The Balaban J connectivity index is 1.71. The maximum atomic E-state index is 13.9. The fourth-order valence-electron chi connectivity index (χ4n) is 3.75. The number of aryl methyl sites for hydroxylation is 1. The Morgan fingerprint density at radius 2 is 1.91 bits per heavy atom. The van der Waals surface area contributed by atoms with E-state index in [9.17, 15) is 22.4 Å². The van der Waals surface area contributed by atoms with Gasteiger partial charge in [0.05, 0.1) is 5.56 Å². The van der Waals surface area contributed by atoms with Gasteiger partial charge in [-0.1, -0.05) is 12.1 Å². The zero-order valence-electron chi connectivity index (χ0n) is 17.6. The van der Waals surface area contributed by atoms with E-state index < -0.39 is 39.7 Å². The number of amides is 2. The van der Waals surface area contributed by atoms with Gasteiger partial charge in [0.15, 0.2) is 0 Å². The highest BCUT2D eigenvalue weighted by molar-refractivity contribution is 7.90. The van der Waals surface area contributed by atoms with Crippen molar-refractivity contribution < 1.29 is 22.4 Å². The van der Waals surface area contributed by atoms with Gasteiger partial charge in [-0.25, -0.2) is 22.1 Å². The number of rotatable bonds is 5. The summed E-state index contributed by atoms with van der Waals surface area (Å²) >= 11 is 0. The van der Waals surface area contributed by atoms with E-state index in [1.807, 2.05) is 0 Å². The van der Waals surface area contributed by atoms with Crippen molar-refractivity contribution in [2.24, 2.45) is 7.05 Å². The van der Waals surface area contributed by atoms with Crippen molar-refractivity contribution in [1.29, 1.82) is 0 Å². The smallest absolute Gasteiger partial charge is 0.269 e. The quantitative estimate of drug-likeness (QED) is 0.636. The molecule has 4 rings (SSSR count). The molecule has 2 amide bonds. The molecule has 1 aliphatic rings. The molecular formula is C22H21FN4O4S. The summed E-state index contributed by atoms with van der Waals surface area (Å²) in [6.45, 7) is 3.21. The van der Waals surface area contributed by atoms with Crippen molar-refractivity contribution in [2.45, 2.75) is 30.8 Å². The fourth-order valence-corrected chi connectivity index (χ4v) is 5.55. The molecule has 166 valence electrons. The predicted molar refractivity (Wildman–Crippen MR) is 114 cm³/mol. The number of nitrogens with one attached hydrogen (secondary N) is 1. The van der Waals surface area contributed by atoms with Crippen LogP contribution in [0.2, 0.25) is 0 Å². The van der Waals surface area contributed by atoms with Crippen LogP contribution in [0.5, 0.6) is 0 Å². The highest BCUT2D eigenvalue weighted by Gasteiger charge is 2.43. The third-order valence-electron chi connectivity index (χ3n) is 5.25. The van der Waals surface area contributed by atoms with Crippen LogP contribution in [0.1, 0.15) is 52.0 Å². The Hall–Kier alpha value is -3.53. The first kappa shape index (κ1) is 21.7. The molecule has 0 saturated carbocycles. The summed E-state index contributed by atoms with van der Waals surface area (Å²) in [7, 11) is -2.30. The summed E-state index contributed by atoms with van der Waals surface area (Å²) in [5.41, 5.74) is 0.560. The van der Waals surface area contributed by atoms with E-state index in [0.29, 0.717) is 11.4 Å². The van der Waals surface area contributed by atoms with Crippen LogP contribution >= 0.6 is 0 Å². The maximum absolute atomic E-state index is 13.9. The largest absolute Gasteiger partial charge is 0.338 e. The lowest BCUT2D eigenvalue weighted by atomic mass is 10.0. The molecule has 32 heavy (non-hydrogen) atoms. The number of aromatic nitrogens is 2. The molecule has 0 saturated heterocycles. The normalized spacial score (nSPS) is 15.7. The van der Waals surface area contributed by atoms with Crippen molar-refractivity contribution in [3.8, 4) is 0 Å². The second-order valence-corrected chi connectivity index (χ2v) is 9.55. The number of imidazole rings is 1. The second-order valence-electron chi connectivity index (χ2n) is 7.77. The summed E-state index contributed by atoms with van der Waals surface area (Å²) in [6.07, 6.45) is 3.25. The van der Waals surface area contributed by atoms with E-state index in [1.54, 1.807) is 43.9 Å². The molecule has 0 bridgehead atoms. The lowest BCUT2D eigenvalue weighted by Gasteiger charge is -2.20. The van der Waals surface area contributed by atoms with Gasteiger partial charge in [0.2, 0.25) is 0 Å².